The summed E-state index contributed by atoms with van der Waals surface area (Å²) in [7, 11) is 0. The molecule has 1 aromatic carbocycles. The van der Waals surface area contributed by atoms with Gasteiger partial charge in [-0.05, 0) is 19.1 Å². The Kier molecular flexibility index (Phi) is 4.85. The van der Waals surface area contributed by atoms with Crippen molar-refractivity contribution in [2.75, 3.05) is 24.6 Å². The lowest BCUT2D eigenvalue weighted by Gasteiger charge is -2.23. The average molecular weight is 259 g/mol. The van der Waals surface area contributed by atoms with E-state index in [2.05, 4.69) is 5.16 Å². The lowest BCUT2D eigenvalue weighted by atomic mass is 10.1. The van der Waals surface area contributed by atoms with Gasteiger partial charge in [-0.2, -0.15) is 0 Å². The Morgan fingerprint density at radius 1 is 1.39 bits per heavy atom. The molecular weight excluding hydrogens is 244 g/mol. The van der Waals surface area contributed by atoms with Gasteiger partial charge in [0.2, 0.25) is 0 Å². The van der Waals surface area contributed by atoms with Crippen LogP contribution in [0.4, 0.5) is 14.5 Å². The highest BCUT2D eigenvalue weighted by molar-refractivity contribution is 5.97. The second kappa shape index (κ2) is 6.15. The summed E-state index contributed by atoms with van der Waals surface area (Å²) in [5.74, 6) is -2.02. The standard InChI is InChI=1S/C11H15F2N3O2/c1-2-16(3-4-17)10-8(12)5-7(6-9(10)13)11(14)15-18/h5-6,17-18H,2-4H2,1H3,(H2,14,15). The molecule has 1 aromatic rings. The van der Waals surface area contributed by atoms with E-state index in [9.17, 15) is 8.78 Å². The number of hydrogen-bond acceptors (Lipinski definition) is 4. The van der Waals surface area contributed by atoms with Gasteiger partial charge >= 0.3 is 0 Å². The fraction of sp³-hybridized carbons (Fsp3) is 0.364. The van der Waals surface area contributed by atoms with Crippen LogP contribution in [0.15, 0.2) is 17.3 Å². The molecule has 0 amide bonds. The predicted octanol–water partition coefficient (Wildman–Crippen LogP) is 0.878. The molecule has 0 aliphatic heterocycles. The highest BCUT2D eigenvalue weighted by atomic mass is 19.1. The molecular formula is C11H15F2N3O2. The summed E-state index contributed by atoms with van der Waals surface area (Å²) in [6.07, 6.45) is 0. The smallest absolute Gasteiger partial charge is 0.170 e. The summed E-state index contributed by atoms with van der Waals surface area (Å²) in [5, 5.41) is 20.0. The Labute approximate surface area is 103 Å². The minimum atomic E-state index is -0.827. The van der Waals surface area contributed by atoms with Crippen LogP contribution in [-0.4, -0.2) is 35.8 Å². The molecule has 0 aliphatic carbocycles. The van der Waals surface area contributed by atoms with E-state index in [0.29, 0.717) is 6.54 Å². The monoisotopic (exact) mass is 259 g/mol. The zero-order valence-electron chi connectivity index (χ0n) is 9.90. The molecule has 0 spiro atoms. The van der Waals surface area contributed by atoms with Crippen LogP contribution in [-0.2, 0) is 0 Å². The number of aliphatic hydroxyl groups is 1. The fourth-order valence-corrected chi connectivity index (χ4v) is 1.62. The molecule has 0 saturated heterocycles. The lowest BCUT2D eigenvalue weighted by Crippen LogP contribution is -2.28. The van der Waals surface area contributed by atoms with Gasteiger partial charge in [-0.25, -0.2) is 8.78 Å². The normalized spacial score (nSPS) is 11.7. The molecule has 0 aromatic heterocycles. The van der Waals surface area contributed by atoms with E-state index in [1.165, 1.54) is 4.90 Å². The highest BCUT2D eigenvalue weighted by Gasteiger charge is 2.17. The molecule has 7 heteroatoms. The summed E-state index contributed by atoms with van der Waals surface area (Å²) in [6.45, 7) is 1.96. The third kappa shape index (κ3) is 2.86. The van der Waals surface area contributed by atoms with E-state index in [-0.39, 0.29) is 30.2 Å². The van der Waals surface area contributed by atoms with Crippen LogP contribution >= 0.6 is 0 Å². The van der Waals surface area contributed by atoms with Gasteiger partial charge in [0.25, 0.3) is 0 Å². The molecule has 18 heavy (non-hydrogen) atoms. The molecule has 5 nitrogen and oxygen atoms in total. The number of nitrogens with two attached hydrogens (primary N) is 1. The summed E-state index contributed by atoms with van der Waals surface area (Å²) in [5.41, 5.74) is 4.98. The van der Waals surface area contributed by atoms with Gasteiger partial charge in [0, 0.05) is 18.7 Å². The summed E-state index contributed by atoms with van der Waals surface area (Å²) >= 11 is 0. The Hall–Kier alpha value is -1.89. The molecule has 100 valence electrons. The maximum Gasteiger partial charge on any atom is 0.170 e. The maximum atomic E-state index is 13.8. The lowest BCUT2D eigenvalue weighted by molar-refractivity contribution is 0.301. The SMILES string of the molecule is CCN(CCO)c1c(F)cc(C(N)=NO)cc1F. The number of nitrogens with zero attached hydrogens (tertiary/aromatic N) is 2. The Balaban J connectivity index is 3.23. The van der Waals surface area contributed by atoms with Crippen LogP contribution < -0.4 is 10.6 Å². The van der Waals surface area contributed by atoms with Crippen LogP contribution in [0.1, 0.15) is 12.5 Å². The number of rotatable bonds is 5. The molecule has 0 bridgehead atoms. The van der Waals surface area contributed by atoms with E-state index in [1.54, 1.807) is 6.92 Å². The van der Waals surface area contributed by atoms with Crippen molar-refractivity contribution in [3.8, 4) is 0 Å². The van der Waals surface area contributed by atoms with E-state index >= 15 is 0 Å². The molecule has 0 aliphatic rings. The number of halogens is 2. The van der Waals surface area contributed by atoms with E-state index in [4.69, 9.17) is 16.0 Å². The van der Waals surface area contributed by atoms with Crippen molar-refractivity contribution in [3.05, 3.63) is 29.3 Å². The first-order valence-electron chi connectivity index (χ1n) is 5.37. The number of oxime groups is 1. The van der Waals surface area contributed by atoms with E-state index in [0.717, 1.165) is 12.1 Å². The molecule has 0 atom stereocenters. The Bertz CT molecular complexity index is 429. The van der Waals surface area contributed by atoms with Gasteiger partial charge in [0.05, 0.1) is 6.61 Å². The second-order valence-electron chi connectivity index (χ2n) is 3.58. The van der Waals surface area contributed by atoms with E-state index < -0.39 is 11.6 Å². The maximum absolute atomic E-state index is 13.8. The van der Waals surface area contributed by atoms with Crippen LogP contribution in [0, 0.1) is 11.6 Å². The summed E-state index contributed by atoms with van der Waals surface area (Å²) in [6, 6.07) is 1.96. The predicted molar refractivity (Wildman–Crippen MR) is 63.8 cm³/mol. The third-order valence-electron chi connectivity index (χ3n) is 2.49. The topological polar surface area (TPSA) is 82.1 Å². The number of benzene rings is 1. The fourth-order valence-electron chi connectivity index (χ4n) is 1.62. The first-order chi connectivity index (χ1) is 8.54. The minimum Gasteiger partial charge on any atom is -0.409 e. The first kappa shape index (κ1) is 14.2. The highest BCUT2D eigenvalue weighted by Crippen LogP contribution is 2.24. The van der Waals surface area contributed by atoms with Gasteiger partial charge in [-0.3, -0.25) is 0 Å². The van der Waals surface area contributed by atoms with Crippen molar-refractivity contribution >= 4 is 11.5 Å². The quantitative estimate of drug-likeness (QED) is 0.317. The molecule has 0 fully saturated rings. The number of hydrogen-bond donors (Lipinski definition) is 3. The first-order valence-corrected chi connectivity index (χ1v) is 5.37. The van der Waals surface area contributed by atoms with Crippen LogP contribution in [0.2, 0.25) is 0 Å². The molecule has 0 heterocycles. The summed E-state index contributed by atoms with van der Waals surface area (Å²) < 4.78 is 27.6. The van der Waals surface area contributed by atoms with Crippen molar-refractivity contribution in [1.29, 1.82) is 0 Å². The Morgan fingerprint density at radius 2 is 1.94 bits per heavy atom. The molecule has 1 rings (SSSR count). The van der Waals surface area contributed by atoms with Gasteiger partial charge in [0.15, 0.2) is 5.84 Å². The summed E-state index contributed by atoms with van der Waals surface area (Å²) in [4.78, 5) is 1.36. The number of aliphatic hydroxyl groups excluding tert-OH is 1. The zero-order valence-corrected chi connectivity index (χ0v) is 9.90. The van der Waals surface area contributed by atoms with Crippen molar-refractivity contribution in [2.24, 2.45) is 10.9 Å². The molecule has 4 N–H and O–H groups in total. The van der Waals surface area contributed by atoms with Crippen molar-refractivity contribution in [1.82, 2.24) is 0 Å². The molecule has 0 unspecified atom stereocenters. The van der Waals surface area contributed by atoms with Crippen LogP contribution in [0.5, 0.6) is 0 Å². The minimum absolute atomic E-state index is 0.0451. The largest absolute Gasteiger partial charge is 0.409 e. The van der Waals surface area contributed by atoms with Gasteiger partial charge in [-0.1, -0.05) is 5.16 Å². The molecule has 0 saturated carbocycles. The van der Waals surface area contributed by atoms with Crippen molar-refractivity contribution in [2.45, 2.75) is 6.92 Å². The second-order valence-corrected chi connectivity index (χ2v) is 3.58. The van der Waals surface area contributed by atoms with Gasteiger partial charge < -0.3 is 20.9 Å². The van der Waals surface area contributed by atoms with Gasteiger partial charge in [0.1, 0.15) is 17.3 Å². The molecule has 0 radical (unpaired) electrons. The van der Waals surface area contributed by atoms with Crippen molar-refractivity contribution < 1.29 is 19.1 Å². The zero-order chi connectivity index (χ0) is 13.7. The van der Waals surface area contributed by atoms with Crippen LogP contribution in [0.25, 0.3) is 0 Å². The number of likely N-dealkylation sites (N-methyl/N-ethyl adjacent to an activating group) is 1. The Morgan fingerprint density at radius 3 is 2.33 bits per heavy atom. The third-order valence-corrected chi connectivity index (χ3v) is 2.49. The number of amidine groups is 1. The number of anilines is 1. The van der Waals surface area contributed by atoms with Gasteiger partial charge in [-0.15, -0.1) is 0 Å². The van der Waals surface area contributed by atoms with E-state index in [1.807, 2.05) is 0 Å². The van der Waals surface area contributed by atoms with Crippen molar-refractivity contribution in [3.63, 3.8) is 0 Å². The van der Waals surface area contributed by atoms with Crippen LogP contribution in [0.3, 0.4) is 0 Å². The average Bonchev–Trinajstić information content (AvgIpc) is 2.35.